The average molecular weight is 356 g/mol. The van der Waals surface area contributed by atoms with Crippen LogP contribution in [-0.2, 0) is 4.74 Å². The van der Waals surface area contributed by atoms with E-state index in [1.165, 1.54) is 19.3 Å². The van der Waals surface area contributed by atoms with Gasteiger partial charge in [-0.2, -0.15) is 5.10 Å². The van der Waals surface area contributed by atoms with E-state index in [9.17, 15) is 0 Å². The van der Waals surface area contributed by atoms with Gasteiger partial charge in [0.05, 0.1) is 30.4 Å². The Balaban J connectivity index is 1.45. The van der Waals surface area contributed by atoms with Crippen LogP contribution in [0.25, 0.3) is 11.4 Å². The largest absolute Gasteiger partial charge is 0.492 e. The average Bonchev–Trinajstić information content (AvgIpc) is 3.10. The molecule has 2 atom stereocenters. The number of hydrogen-bond donors (Lipinski definition) is 1. The highest BCUT2D eigenvalue weighted by atomic mass is 16.5. The van der Waals surface area contributed by atoms with Crippen LogP contribution in [-0.4, -0.2) is 41.1 Å². The molecule has 0 radical (unpaired) electrons. The zero-order chi connectivity index (χ0) is 17.8. The Hall–Kier alpha value is -1.92. The van der Waals surface area contributed by atoms with Gasteiger partial charge in [0.25, 0.3) is 0 Å². The summed E-state index contributed by atoms with van der Waals surface area (Å²) in [5.41, 5.74) is 3.08. The van der Waals surface area contributed by atoms with Crippen LogP contribution in [0, 0.1) is 12.8 Å². The molecular formula is C20H28N4O2. The fourth-order valence-electron chi connectivity index (χ4n) is 3.79. The van der Waals surface area contributed by atoms with Gasteiger partial charge in [-0.1, -0.05) is 0 Å². The molecule has 0 aliphatic carbocycles. The van der Waals surface area contributed by atoms with Gasteiger partial charge >= 0.3 is 0 Å². The summed E-state index contributed by atoms with van der Waals surface area (Å²) in [6.07, 6.45) is 9.52. The highest BCUT2D eigenvalue weighted by Gasteiger charge is 2.22. The van der Waals surface area contributed by atoms with E-state index in [4.69, 9.17) is 9.47 Å². The van der Waals surface area contributed by atoms with Crippen molar-refractivity contribution < 1.29 is 9.47 Å². The van der Waals surface area contributed by atoms with E-state index in [0.717, 1.165) is 61.8 Å². The Kier molecular flexibility index (Phi) is 5.51. The number of aryl methyl sites for hydroxylation is 1. The lowest BCUT2D eigenvalue weighted by Crippen LogP contribution is -2.33. The van der Waals surface area contributed by atoms with Crippen molar-refractivity contribution in [1.82, 2.24) is 20.1 Å². The molecule has 4 rings (SSSR count). The highest BCUT2D eigenvalue weighted by Crippen LogP contribution is 2.30. The van der Waals surface area contributed by atoms with Crippen molar-refractivity contribution in [3.05, 3.63) is 30.1 Å². The van der Waals surface area contributed by atoms with Gasteiger partial charge in [-0.05, 0) is 63.3 Å². The Morgan fingerprint density at radius 3 is 2.92 bits per heavy atom. The van der Waals surface area contributed by atoms with Crippen LogP contribution in [0.5, 0.6) is 5.75 Å². The van der Waals surface area contributed by atoms with Crippen molar-refractivity contribution in [3.8, 4) is 17.1 Å². The molecule has 2 aromatic heterocycles. The van der Waals surface area contributed by atoms with Crippen molar-refractivity contribution in [2.75, 3.05) is 26.3 Å². The Labute approximate surface area is 154 Å². The molecule has 2 fully saturated rings. The number of piperidine rings is 1. The molecule has 0 aromatic carbocycles. The second-order valence-corrected chi connectivity index (χ2v) is 7.34. The Morgan fingerprint density at radius 1 is 1.23 bits per heavy atom. The van der Waals surface area contributed by atoms with Crippen molar-refractivity contribution in [2.24, 2.45) is 5.92 Å². The molecule has 4 heterocycles. The summed E-state index contributed by atoms with van der Waals surface area (Å²) < 4.78 is 13.8. The van der Waals surface area contributed by atoms with E-state index >= 15 is 0 Å². The number of hydrogen-bond acceptors (Lipinski definition) is 5. The molecule has 6 nitrogen and oxygen atoms in total. The maximum absolute atomic E-state index is 5.95. The third kappa shape index (κ3) is 3.91. The minimum Gasteiger partial charge on any atom is -0.492 e. The number of ether oxygens (including phenoxy) is 2. The third-order valence-electron chi connectivity index (χ3n) is 5.27. The van der Waals surface area contributed by atoms with Crippen LogP contribution < -0.4 is 10.1 Å². The zero-order valence-corrected chi connectivity index (χ0v) is 15.5. The number of aromatic nitrogens is 3. The smallest absolute Gasteiger partial charge is 0.150 e. The van der Waals surface area contributed by atoms with E-state index in [1.54, 1.807) is 0 Å². The molecule has 0 amide bonds. The van der Waals surface area contributed by atoms with Gasteiger partial charge in [0.15, 0.2) is 6.23 Å². The minimum atomic E-state index is 0.0176. The van der Waals surface area contributed by atoms with Crippen molar-refractivity contribution in [1.29, 1.82) is 0 Å². The van der Waals surface area contributed by atoms with E-state index < -0.39 is 0 Å². The number of nitrogens with one attached hydrogen (secondary N) is 1. The first kappa shape index (κ1) is 17.5. The summed E-state index contributed by atoms with van der Waals surface area (Å²) in [6.45, 7) is 5.81. The van der Waals surface area contributed by atoms with E-state index in [2.05, 4.69) is 22.3 Å². The Bertz CT molecular complexity index is 701. The van der Waals surface area contributed by atoms with Crippen LogP contribution in [0.15, 0.2) is 24.5 Å². The van der Waals surface area contributed by atoms with Gasteiger partial charge in [-0.25, -0.2) is 4.68 Å². The molecule has 2 aromatic rings. The van der Waals surface area contributed by atoms with Gasteiger partial charge in [0.2, 0.25) is 0 Å². The molecule has 6 heteroatoms. The van der Waals surface area contributed by atoms with Gasteiger partial charge in [-0.15, -0.1) is 0 Å². The molecular weight excluding hydrogens is 328 g/mol. The molecule has 26 heavy (non-hydrogen) atoms. The predicted octanol–water partition coefficient (Wildman–Crippen LogP) is 3.33. The van der Waals surface area contributed by atoms with Crippen molar-refractivity contribution in [2.45, 2.75) is 45.3 Å². The van der Waals surface area contributed by atoms with Gasteiger partial charge < -0.3 is 14.8 Å². The molecule has 2 aliphatic heterocycles. The monoisotopic (exact) mass is 356 g/mol. The summed E-state index contributed by atoms with van der Waals surface area (Å²) in [5.74, 6) is 1.42. The van der Waals surface area contributed by atoms with Crippen molar-refractivity contribution in [3.63, 3.8) is 0 Å². The fraction of sp³-hybridized carbons (Fsp3) is 0.600. The quantitative estimate of drug-likeness (QED) is 0.890. The summed E-state index contributed by atoms with van der Waals surface area (Å²) >= 11 is 0. The zero-order valence-electron chi connectivity index (χ0n) is 15.5. The first-order valence-electron chi connectivity index (χ1n) is 9.77. The maximum Gasteiger partial charge on any atom is 0.150 e. The van der Waals surface area contributed by atoms with Crippen LogP contribution in [0.1, 0.15) is 43.9 Å². The number of nitrogens with zero attached hydrogens (tertiary/aromatic N) is 3. The SMILES string of the molecule is Cc1cnn(C2CCCCO2)c1-c1ccc(OC[C@@H]2CCCNC2)cn1. The maximum atomic E-state index is 5.95. The first-order chi connectivity index (χ1) is 12.8. The molecule has 0 bridgehead atoms. The van der Waals surface area contributed by atoms with E-state index in [-0.39, 0.29) is 6.23 Å². The first-order valence-corrected chi connectivity index (χ1v) is 9.77. The number of rotatable bonds is 5. The van der Waals surface area contributed by atoms with Gasteiger partial charge in [0.1, 0.15) is 5.75 Å². The normalized spacial score (nSPS) is 23.7. The van der Waals surface area contributed by atoms with E-state index in [0.29, 0.717) is 5.92 Å². The lowest BCUT2D eigenvalue weighted by Gasteiger charge is -2.24. The molecule has 2 aliphatic rings. The summed E-state index contributed by atoms with van der Waals surface area (Å²) in [7, 11) is 0. The van der Waals surface area contributed by atoms with Gasteiger partial charge in [-0.3, -0.25) is 4.98 Å². The van der Waals surface area contributed by atoms with Crippen LogP contribution in [0.2, 0.25) is 0 Å². The van der Waals surface area contributed by atoms with Crippen LogP contribution in [0.3, 0.4) is 0 Å². The summed E-state index contributed by atoms with van der Waals surface area (Å²) in [5, 5.41) is 7.97. The van der Waals surface area contributed by atoms with Crippen molar-refractivity contribution >= 4 is 0 Å². The topological polar surface area (TPSA) is 61.2 Å². The molecule has 2 saturated heterocycles. The molecule has 140 valence electrons. The highest BCUT2D eigenvalue weighted by molar-refractivity contribution is 5.59. The second kappa shape index (κ2) is 8.18. The molecule has 0 saturated carbocycles. The van der Waals surface area contributed by atoms with E-state index in [1.807, 2.05) is 29.2 Å². The molecule has 1 N–H and O–H groups in total. The molecule has 1 unspecified atom stereocenters. The second-order valence-electron chi connectivity index (χ2n) is 7.34. The summed E-state index contributed by atoms with van der Waals surface area (Å²) in [6, 6.07) is 4.04. The lowest BCUT2D eigenvalue weighted by molar-refractivity contribution is -0.0384. The minimum absolute atomic E-state index is 0.0176. The lowest BCUT2D eigenvalue weighted by atomic mass is 10.0. The number of pyridine rings is 1. The summed E-state index contributed by atoms with van der Waals surface area (Å²) in [4.78, 5) is 4.64. The van der Waals surface area contributed by atoms with Gasteiger partial charge in [0, 0.05) is 19.1 Å². The molecule has 0 spiro atoms. The third-order valence-corrected chi connectivity index (χ3v) is 5.27. The predicted molar refractivity (Wildman–Crippen MR) is 100 cm³/mol. The Morgan fingerprint density at radius 2 is 2.19 bits per heavy atom. The standard InChI is InChI=1S/C20H28N4O2/c1-15-11-23-24(19-6-2-3-10-25-19)20(15)18-8-7-17(13-22-18)26-14-16-5-4-9-21-12-16/h7-8,11,13,16,19,21H,2-6,9-10,12,14H2,1H3/t16-,19?/m1/s1. The fourth-order valence-corrected chi connectivity index (χ4v) is 3.79. The van der Waals surface area contributed by atoms with Crippen LogP contribution >= 0.6 is 0 Å². The van der Waals surface area contributed by atoms with Crippen LogP contribution in [0.4, 0.5) is 0 Å².